The van der Waals surface area contributed by atoms with Gasteiger partial charge in [-0.05, 0) is 43.7 Å². The zero-order valence-corrected chi connectivity index (χ0v) is 12.1. The van der Waals surface area contributed by atoms with Crippen LogP contribution in [-0.2, 0) is 0 Å². The van der Waals surface area contributed by atoms with Crippen LogP contribution in [0.5, 0.6) is 5.75 Å². The molecule has 1 aromatic carbocycles. The summed E-state index contributed by atoms with van der Waals surface area (Å²) in [6.07, 6.45) is 5.99. The van der Waals surface area contributed by atoms with E-state index in [1.807, 2.05) is 36.4 Å². The van der Waals surface area contributed by atoms with Crippen molar-refractivity contribution in [1.29, 1.82) is 0 Å². The van der Waals surface area contributed by atoms with E-state index < -0.39 is 0 Å². The van der Waals surface area contributed by atoms with Crippen LogP contribution >= 0.6 is 11.6 Å². The van der Waals surface area contributed by atoms with Crippen molar-refractivity contribution in [3.63, 3.8) is 0 Å². The Hall–Kier alpha value is -1.25. The van der Waals surface area contributed by atoms with Gasteiger partial charge in [0.2, 0.25) is 0 Å². The average molecular weight is 280 g/mol. The Balaban J connectivity index is 2.14. The molecule has 1 aromatic rings. The summed E-state index contributed by atoms with van der Waals surface area (Å²) >= 11 is 5.81. The first-order valence-electron chi connectivity index (χ1n) is 6.58. The van der Waals surface area contributed by atoms with Crippen molar-refractivity contribution in [2.75, 3.05) is 26.2 Å². The van der Waals surface area contributed by atoms with Crippen LogP contribution in [0.4, 0.5) is 0 Å². The zero-order valence-electron chi connectivity index (χ0n) is 11.4. The van der Waals surface area contributed by atoms with Gasteiger partial charge in [-0.15, -0.1) is 13.2 Å². The van der Waals surface area contributed by atoms with E-state index >= 15 is 0 Å². The molecule has 19 heavy (non-hydrogen) atoms. The number of ether oxygens (including phenoxy) is 1. The van der Waals surface area contributed by atoms with E-state index in [1.54, 1.807) is 0 Å². The Morgan fingerprint density at radius 3 is 2.26 bits per heavy atom. The number of nitrogens with zero attached hydrogens (tertiary/aromatic N) is 1. The van der Waals surface area contributed by atoms with Crippen molar-refractivity contribution in [2.24, 2.45) is 0 Å². The van der Waals surface area contributed by atoms with E-state index in [-0.39, 0.29) is 0 Å². The number of benzene rings is 1. The van der Waals surface area contributed by atoms with Crippen LogP contribution in [0.15, 0.2) is 49.6 Å². The predicted octanol–water partition coefficient (Wildman–Crippen LogP) is 4.17. The minimum Gasteiger partial charge on any atom is -0.494 e. The van der Waals surface area contributed by atoms with Crippen LogP contribution in [0, 0.1) is 0 Å². The Morgan fingerprint density at radius 1 is 1.05 bits per heavy atom. The quantitative estimate of drug-likeness (QED) is 0.471. The van der Waals surface area contributed by atoms with E-state index in [2.05, 4.69) is 18.1 Å². The van der Waals surface area contributed by atoms with Crippen LogP contribution in [0.2, 0.25) is 5.02 Å². The van der Waals surface area contributed by atoms with Crippen molar-refractivity contribution in [2.45, 2.75) is 12.8 Å². The summed E-state index contributed by atoms with van der Waals surface area (Å²) < 4.78 is 5.65. The Bertz CT molecular complexity index is 365. The molecule has 0 heterocycles. The Labute approximate surface area is 121 Å². The number of unbranched alkanes of at least 4 members (excludes halogenated alkanes) is 1. The van der Waals surface area contributed by atoms with Crippen LogP contribution in [-0.4, -0.2) is 31.1 Å². The fraction of sp³-hybridized carbons (Fsp3) is 0.375. The monoisotopic (exact) mass is 279 g/mol. The molecule has 0 radical (unpaired) electrons. The minimum absolute atomic E-state index is 0.733. The number of hydrogen-bond acceptors (Lipinski definition) is 2. The molecule has 0 aliphatic carbocycles. The first-order chi connectivity index (χ1) is 9.26. The van der Waals surface area contributed by atoms with Gasteiger partial charge < -0.3 is 4.74 Å². The fourth-order valence-electron chi connectivity index (χ4n) is 1.78. The number of halogens is 1. The predicted molar refractivity (Wildman–Crippen MR) is 83.0 cm³/mol. The molecule has 0 aliphatic rings. The maximum Gasteiger partial charge on any atom is 0.119 e. The molecule has 0 bridgehead atoms. The lowest BCUT2D eigenvalue weighted by Gasteiger charge is -2.18. The summed E-state index contributed by atoms with van der Waals surface area (Å²) in [5, 5.41) is 0.733. The van der Waals surface area contributed by atoms with E-state index in [1.165, 1.54) is 0 Å². The molecule has 0 atom stereocenters. The van der Waals surface area contributed by atoms with E-state index in [0.717, 1.165) is 49.9 Å². The second kappa shape index (κ2) is 9.65. The molecule has 0 saturated heterocycles. The average Bonchev–Trinajstić information content (AvgIpc) is 2.41. The summed E-state index contributed by atoms with van der Waals surface area (Å²) in [6.45, 7) is 11.1. The van der Waals surface area contributed by atoms with Gasteiger partial charge in [-0.25, -0.2) is 0 Å². The Kier molecular flexibility index (Phi) is 8.03. The molecule has 0 N–H and O–H groups in total. The highest BCUT2D eigenvalue weighted by atomic mass is 35.5. The van der Waals surface area contributed by atoms with Gasteiger partial charge in [0.15, 0.2) is 0 Å². The van der Waals surface area contributed by atoms with Gasteiger partial charge in [0.05, 0.1) is 6.61 Å². The molecule has 1 rings (SSSR count). The van der Waals surface area contributed by atoms with Crippen LogP contribution in [0.25, 0.3) is 0 Å². The van der Waals surface area contributed by atoms with E-state index in [9.17, 15) is 0 Å². The van der Waals surface area contributed by atoms with Crippen molar-refractivity contribution in [3.8, 4) is 5.75 Å². The van der Waals surface area contributed by atoms with Gasteiger partial charge in [0.25, 0.3) is 0 Å². The maximum atomic E-state index is 5.81. The molecule has 0 amide bonds. The second-order valence-electron chi connectivity index (χ2n) is 4.35. The molecule has 104 valence electrons. The van der Waals surface area contributed by atoms with Gasteiger partial charge >= 0.3 is 0 Å². The molecular formula is C16H22ClNO. The number of rotatable bonds is 10. The lowest BCUT2D eigenvalue weighted by Crippen LogP contribution is -2.25. The minimum atomic E-state index is 0.733. The molecule has 0 saturated carbocycles. The second-order valence-corrected chi connectivity index (χ2v) is 4.78. The summed E-state index contributed by atoms with van der Waals surface area (Å²) in [6, 6.07) is 7.47. The molecule has 0 fully saturated rings. The van der Waals surface area contributed by atoms with Crippen molar-refractivity contribution in [3.05, 3.63) is 54.6 Å². The summed E-state index contributed by atoms with van der Waals surface area (Å²) in [4.78, 5) is 2.31. The van der Waals surface area contributed by atoms with Crippen LogP contribution in [0.3, 0.4) is 0 Å². The third-order valence-electron chi connectivity index (χ3n) is 2.73. The Morgan fingerprint density at radius 2 is 1.68 bits per heavy atom. The van der Waals surface area contributed by atoms with Gasteiger partial charge in [0.1, 0.15) is 5.75 Å². The van der Waals surface area contributed by atoms with E-state index in [0.29, 0.717) is 0 Å². The van der Waals surface area contributed by atoms with Crippen molar-refractivity contribution in [1.82, 2.24) is 4.90 Å². The fourth-order valence-corrected chi connectivity index (χ4v) is 1.91. The molecule has 0 aromatic heterocycles. The summed E-state index contributed by atoms with van der Waals surface area (Å²) in [5.74, 6) is 0.874. The van der Waals surface area contributed by atoms with Gasteiger partial charge in [0, 0.05) is 18.1 Å². The first kappa shape index (κ1) is 15.8. The maximum absolute atomic E-state index is 5.81. The standard InChI is InChI=1S/C16H22ClNO/c1-3-11-18(12-4-2)13-5-6-14-19-16-9-7-15(17)8-10-16/h3-4,7-10H,1-2,5-6,11-14H2. The molecule has 0 spiro atoms. The third kappa shape index (κ3) is 7.04. The first-order valence-corrected chi connectivity index (χ1v) is 6.96. The number of hydrogen-bond donors (Lipinski definition) is 0. The normalized spacial score (nSPS) is 10.4. The third-order valence-corrected chi connectivity index (χ3v) is 2.98. The largest absolute Gasteiger partial charge is 0.494 e. The molecule has 3 heteroatoms. The molecule has 0 aliphatic heterocycles. The summed E-state index contributed by atoms with van der Waals surface area (Å²) in [7, 11) is 0. The highest BCUT2D eigenvalue weighted by molar-refractivity contribution is 6.30. The molecule has 0 unspecified atom stereocenters. The topological polar surface area (TPSA) is 12.5 Å². The smallest absolute Gasteiger partial charge is 0.119 e. The van der Waals surface area contributed by atoms with Gasteiger partial charge in [-0.1, -0.05) is 23.8 Å². The van der Waals surface area contributed by atoms with Crippen LogP contribution in [0.1, 0.15) is 12.8 Å². The zero-order chi connectivity index (χ0) is 13.9. The lowest BCUT2D eigenvalue weighted by molar-refractivity contribution is 0.278. The molecular weight excluding hydrogens is 258 g/mol. The summed E-state index contributed by atoms with van der Waals surface area (Å²) in [5.41, 5.74) is 0. The molecule has 2 nitrogen and oxygen atoms in total. The van der Waals surface area contributed by atoms with Crippen LogP contribution < -0.4 is 4.74 Å². The van der Waals surface area contributed by atoms with E-state index in [4.69, 9.17) is 16.3 Å². The van der Waals surface area contributed by atoms with Crippen molar-refractivity contribution < 1.29 is 4.74 Å². The highest BCUT2D eigenvalue weighted by Crippen LogP contribution is 2.15. The lowest BCUT2D eigenvalue weighted by atomic mass is 10.3. The van der Waals surface area contributed by atoms with Gasteiger partial charge in [-0.3, -0.25) is 4.90 Å². The van der Waals surface area contributed by atoms with Gasteiger partial charge in [-0.2, -0.15) is 0 Å². The highest BCUT2D eigenvalue weighted by Gasteiger charge is 2.00. The van der Waals surface area contributed by atoms with Crippen molar-refractivity contribution >= 4 is 11.6 Å². The SMILES string of the molecule is C=CCN(CC=C)CCCCOc1ccc(Cl)cc1.